The summed E-state index contributed by atoms with van der Waals surface area (Å²) in [7, 11) is 2.73. The van der Waals surface area contributed by atoms with Crippen LogP contribution in [0.3, 0.4) is 0 Å². The lowest BCUT2D eigenvalue weighted by molar-refractivity contribution is 0.359. The maximum atomic E-state index is 12.7. The molecule has 0 aliphatic heterocycles. The van der Waals surface area contributed by atoms with E-state index in [1.54, 1.807) is 13.0 Å². The van der Waals surface area contributed by atoms with E-state index in [1.165, 1.54) is 26.3 Å². The molecule has 0 unspecified atom stereocenters. The summed E-state index contributed by atoms with van der Waals surface area (Å²) in [5, 5.41) is 0. The first-order chi connectivity index (χ1) is 7.56. The molecule has 0 aliphatic carbocycles. The van der Waals surface area contributed by atoms with Crippen LogP contribution >= 0.6 is 0 Å². The Bertz CT molecular complexity index is 291. The van der Waals surface area contributed by atoms with Crippen LogP contribution in [0.1, 0.15) is 12.5 Å². The molecule has 0 bridgehead atoms. The molecular weight excluding hydrogens is 212 g/mol. The highest BCUT2D eigenvalue weighted by Crippen LogP contribution is 2.21. The van der Waals surface area contributed by atoms with Gasteiger partial charge in [-0.05, 0) is 38.6 Å². The fourth-order valence-corrected chi connectivity index (χ4v) is 0.882. The molecule has 1 aromatic carbocycles. The summed E-state index contributed by atoms with van der Waals surface area (Å²) in [6.07, 6.45) is 1.75. The Morgan fingerprint density at radius 3 is 1.81 bits per heavy atom. The molecule has 1 aromatic rings. The summed E-state index contributed by atoms with van der Waals surface area (Å²) in [6.45, 7) is 6.87. The third-order valence-corrected chi connectivity index (χ3v) is 1.35. The van der Waals surface area contributed by atoms with Crippen molar-refractivity contribution in [2.24, 2.45) is 5.73 Å². The average Bonchev–Trinajstić information content (AvgIpc) is 2.21. The van der Waals surface area contributed by atoms with Crippen molar-refractivity contribution in [1.82, 2.24) is 0 Å². The van der Waals surface area contributed by atoms with Crippen molar-refractivity contribution in [1.29, 1.82) is 0 Å². The number of ether oxygens (including phenoxy) is 1. The number of hydrogen-bond donors (Lipinski definition) is 1. The number of rotatable bonds is 1. The van der Waals surface area contributed by atoms with E-state index < -0.39 is 11.6 Å². The van der Waals surface area contributed by atoms with E-state index in [0.29, 0.717) is 5.56 Å². The first-order valence-corrected chi connectivity index (χ1v) is 4.71. The smallest absolute Gasteiger partial charge is 0.190 e. The van der Waals surface area contributed by atoms with Gasteiger partial charge in [-0.1, -0.05) is 6.08 Å². The zero-order chi connectivity index (χ0) is 13.1. The Morgan fingerprint density at radius 1 is 1.25 bits per heavy atom. The number of allylic oxidation sites excluding steroid dienone is 1. The zero-order valence-electron chi connectivity index (χ0n) is 10.2. The van der Waals surface area contributed by atoms with Gasteiger partial charge in [0.05, 0.1) is 7.11 Å². The van der Waals surface area contributed by atoms with E-state index in [1.807, 2.05) is 6.92 Å². The van der Waals surface area contributed by atoms with Crippen LogP contribution in [-0.4, -0.2) is 14.2 Å². The molecule has 0 saturated carbocycles. The third kappa shape index (κ3) is 6.14. The lowest BCUT2D eigenvalue weighted by Crippen LogP contribution is -1.92. The maximum Gasteiger partial charge on any atom is 0.190 e. The van der Waals surface area contributed by atoms with Gasteiger partial charge in [0, 0.05) is 0 Å². The lowest BCUT2D eigenvalue weighted by Gasteiger charge is -2.03. The first-order valence-electron chi connectivity index (χ1n) is 4.71. The van der Waals surface area contributed by atoms with Gasteiger partial charge in [0.15, 0.2) is 17.4 Å². The molecule has 1 rings (SSSR count). The molecule has 0 heterocycles. The molecule has 0 saturated heterocycles. The summed E-state index contributed by atoms with van der Waals surface area (Å²) in [5.74, 6) is -1.65. The van der Waals surface area contributed by atoms with E-state index in [0.717, 1.165) is 0 Å². The van der Waals surface area contributed by atoms with Crippen molar-refractivity contribution in [2.45, 2.75) is 13.8 Å². The first kappa shape index (κ1) is 17.0. The van der Waals surface area contributed by atoms with Gasteiger partial charge < -0.3 is 10.5 Å². The lowest BCUT2D eigenvalue weighted by atomic mass is 10.2. The predicted octanol–water partition coefficient (Wildman–Crippen LogP) is 3.05. The van der Waals surface area contributed by atoms with Gasteiger partial charge in [-0.25, -0.2) is 8.78 Å². The van der Waals surface area contributed by atoms with E-state index in [-0.39, 0.29) is 5.75 Å². The van der Waals surface area contributed by atoms with Crippen LogP contribution in [0.4, 0.5) is 8.78 Å². The quantitative estimate of drug-likeness (QED) is 0.754. The van der Waals surface area contributed by atoms with Crippen molar-refractivity contribution in [3.05, 3.63) is 42.0 Å². The topological polar surface area (TPSA) is 35.2 Å². The highest BCUT2D eigenvalue weighted by molar-refractivity contribution is 5.30. The number of hydrogen-bond acceptors (Lipinski definition) is 2. The highest BCUT2D eigenvalue weighted by Gasteiger charge is 2.08. The second-order valence-electron chi connectivity index (χ2n) is 2.67. The molecule has 0 spiro atoms. The molecule has 4 heteroatoms. The summed E-state index contributed by atoms with van der Waals surface area (Å²) >= 11 is 0. The standard InChI is InChI=1S/C8H8F2O.C3H6.CH5N/c1-5-3-6(9)8(11-2)7(10)4-5;1-3-2;1-2/h3-4H,1-2H3;3H,1H2,2H3;2H2,1H3. The van der Waals surface area contributed by atoms with Crippen molar-refractivity contribution in [2.75, 3.05) is 14.2 Å². The fourth-order valence-electron chi connectivity index (χ4n) is 0.882. The Labute approximate surface area is 95.7 Å². The number of aryl methyl sites for hydroxylation is 1. The number of nitrogens with two attached hydrogens (primary N) is 1. The minimum atomic E-state index is -0.662. The van der Waals surface area contributed by atoms with Crippen LogP contribution in [0.5, 0.6) is 5.75 Å². The maximum absolute atomic E-state index is 12.7. The molecule has 0 amide bonds. The van der Waals surface area contributed by atoms with Crippen LogP contribution in [0.25, 0.3) is 0 Å². The average molecular weight is 231 g/mol. The normalized spacial score (nSPS) is 7.94. The van der Waals surface area contributed by atoms with Crippen molar-refractivity contribution in [3.63, 3.8) is 0 Å². The number of halogens is 2. The van der Waals surface area contributed by atoms with Gasteiger partial charge in [-0.2, -0.15) is 0 Å². The Hall–Kier alpha value is -1.42. The molecule has 0 aromatic heterocycles. The Balaban J connectivity index is 0. The van der Waals surface area contributed by atoms with Gasteiger partial charge in [0.2, 0.25) is 0 Å². The van der Waals surface area contributed by atoms with Crippen LogP contribution in [0.15, 0.2) is 24.8 Å². The van der Waals surface area contributed by atoms with Gasteiger partial charge >= 0.3 is 0 Å². The molecule has 16 heavy (non-hydrogen) atoms. The second kappa shape index (κ2) is 10.1. The van der Waals surface area contributed by atoms with Crippen molar-refractivity contribution < 1.29 is 13.5 Å². The van der Waals surface area contributed by atoms with E-state index in [9.17, 15) is 8.78 Å². The summed E-state index contributed by atoms with van der Waals surface area (Å²) in [4.78, 5) is 0. The molecule has 0 aliphatic rings. The van der Waals surface area contributed by atoms with Gasteiger partial charge in [-0.3, -0.25) is 0 Å². The monoisotopic (exact) mass is 231 g/mol. The SMILES string of the molecule is C=CC.CN.COc1c(F)cc(C)cc1F. The van der Waals surface area contributed by atoms with Gasteiger partial charge in [0.1, 0.15) is 0 Å². The third-order valence-electron chi connectivity index (χ3n) is 1.35. The molecule has 2 nitrogen and oxygen atoms in total. The van der Waals surface area contributed by atoms with Gasteiger partial charge in [0.25, 0.3) is 0 Å². The minimum absolute atomic E-state index is 0.324. The molecule has 2 N–H and O–H groups in total. The highest BCUT2D eigenvalue weighted by atomic mass is 19.1. The van der Waals surface area contributed by atoms with E-state index >= 15 is 0 Å². The van der Waals surface area contributed by atoms with Crippen LogP contribution in [-0.2, 0) is 0 Å². The molecule has 0 radical (unpaired) electrons. The molecule has 0 atom stereocenters. The van der Waals surface area contributed by atoms with E-state index in [4.69, 9.17) is 0 Å². The minimum Gasteiger partial charge on any atom is -0.491 e. The molecular formula is C12H19F2NO. The van der Waals surface area contributed by atoms with E-state index in [2.05, 4.69) is 17.0 Å². The second-order valence-corrected chi connectivity index (χ2v) is 2.67. The summed E-state index contributed by atoms with van der Waals surface area (Å²) in [6, 6.07) is 2.45. The molecule has 0 fully saturated rings. The molecule has 92 valence electrons. The van der Waals surface area contributed by atoms with Crippen LogP contribution < -0.4 is 10.5 Å². The Kier molecular flexibility index (Phi) is 10.7. The number of benzene rings is 1. The summed E-state index contributed by atoms with van der Waals surface area (Å²) in [5.41, 5.74) is 5.04. The largest absolute Gasteiger partial charge is 0.491 e. The Morgan fingerprint density at radius 2 is 1.56 bits per heavy atom. The summed E-state index contributed by atoms with van der Waals surface area (Å²) < 4.78 is 30.0. The number of methoxy groups -OCH3 is 1. The van der Waals surface area contributed by atoms with Crippen LogP contribution in [0.2, 0.25) is 0 Å². The van der Waals surface area contributed by atoms with Crippen molar-refractivity contribution in [3.8, 4) is 5.75 Å². The fraction of sp³-hybridized carbons (Fsp3) is 0.333. The van der Waals surface area contributed by atoms with Crippen LogP contribution in [0, 0.1) is 18.6 Å². The predicted molar refractivity (Wildman–Crippen MR) is 63.6 cm³/mol. The zero-order valence-corrected chi connectivity index (χ0v) is 10.2. The van der Waals surface area contributed by atoms with Crippen molar-refractivity contribution >= 4 is 0 Å². The van der Waals surface area contributed by atoms with Gasteiger partial charge in [-0.15, -0.1) is 6.58 Å².